The van der Waals surface area contributed by atoms with Gasteiger partial charge in [0.05, 0.1) is 5.41 Å². The average molecular weight is 265 g/mol. The van der Waals surface area contributed by atoms with Crippen molar-refractivity contribution in [3.8, 4) is 0 Å². The van der Waals surface area contributed by atoms with Crippen LogP contribution in [0.1, 0.15) is 30.9 Å². The molecule has 0 aliphatic carbocycles. The van der Waals surface area contributed by atoms with Crippen molar-refractivity contribution in [2.24, 2.45) is 5.41 Å². The summed E-state index contributed by atoms with van der Waals surface area (Å²) in [4.78, 5) is 13.4. The first-order valence-electron chi connectivity index (χ1n) is 6.61. The van der Waals surface area contributed by atoms with Crippen LogP contribution in [0.15, 0.2) is 18.2 Å². The smallest absolute Gasteiger partial charge is 0.310 e. The molecule has 0 bridgehead atoms. The molecule has 1 heterocycles. The maximum atomic E-state index is 13.3. The highest BCUT2D eigenvalue weighted by Gasteiger charge is 2.37. The summed E-state index contributed by atoms with van der Waals surface area (Å²) in [6, 6.07) is 4.77. The van der Waals surface area contributed by atoms with E-state index < -0.39 is 11.4 Å². The normalized spacial score (nSPS) is 24.4. The van der Waals surface area contributed by atoms with Gasteiger partial charge in [0, 0.05) is 13.1 Å². The van der Waals surface area contributed by atoms with Crippen LogP contribution < -0.4 is 0 Å². The number of aliphatic carboxylic acids is 1. The molecule has 1 aliphatic rings. The van der Waals surface area contributed by atoms with Crippen LogP contribution in [0, 0.1) is 18.2 Å². The van der Waals surface area contributed by atoms with E-state index in [4.69, 9.17) is 0 Å². The summed E-state index contributed by atoms with van der Waals surface area (Å²) in [6.07, 6.45) is 1.58. The second-order valence-electron chi connectivity index (χ2n) is 5.75. The van der Waals surface area contributed by atoms with Crippen LogP contribution in [-0.4, -0.2) is 29.1 Å². The lowest BCUT2D eigenvalue weighted by Gasteiger charge is -2.37. The largest absolute Gasteiger partial charge is 0.481 e. The zero-order valence-electron chi connectivity index (χ0n) is 11.4. The van der Waals surface area contributed by atoms with Crippen molar-refractivity contribution in [1.29, 1.82) is 0 Å². The van der Waals surface area contributed by atoms with Crippen LogP contribution in [0.2, 0.25) is 0 Å². The first-order chi connectivity index (χ1) is 8.90. The third kappa shape index (κ3) is 3.13. The molecule has 1 saturated heterocycles. The number of carboxylic acid groups (broad SMARTS) is 1. The van der Waals surface area contributed by atoms with Gasteiger partial charge in [0.2, 0.25) is 0 Å². The van der Waals surface area contributed by atoms with Crippen molar-refractivity contribution in [3.63, 3.8) is 0 Å². The molecule has 19 heavy (non-hydrogen) atoms. The SMILES string of the molecule is Cc1ccc(F)cc1CN1CCCC(C)(C(=O)O)C1. The minimum Gasteiger partial charge on any atom is -0.481 e. The summed E-state index contributed by atoms with van der Waals surface area (Å²) in [6.45, 7) is 5.76. The third-order valence-electron chi connectivity index (χ3n) is 4.00. The summed E-state index contributed by atoms with van der Waals surface area (Å²) in [5.41, 5.74) is 1.30. The van der Waals surface area contributed by atoms with Gasteiger partial charge in [-0.1, -0.05) is 6.07 Å². The van der Waals surface area contributed by atoms with E-state index in [2.05, 4.69) is 4.90 Å². The second kappa shape index (κ2) is 5.29. The van der Waals surface area contributed by atoms with Gasteiger partial charge in [-0.25, -0.2) is 4.39 Å². The summed E-state index contributed by atoms with van der Waals surface area (Å²) < 4.78 is 13.3. The molecule has 0 saturated carbocycles. The molecule has 1 aromatic carbocycles. The number of carboxylic acids is 1. The Morgan fingerprint density at radius 3 is 2.95 bits per heavy atom. The Kier molecular flexibility index (Phi) is 3.90. The molecular weight excluding hydrogens is 245 g/mol. The van der Waals surface area contributed by atoms with E-state index in [1.54, 1.807) is 19.1 Å². The number of carbonyl (C=O) groups is 1. The quantitative estimate of drug-likeness (QED) is 0.913. The van der Waals surface area contributed by atoms with Gasteiger partial charge in [0.1, 0.15) is 5.82 Å². The predicted molar refractivity (Wildman–Crippen MR) is 71.4 cm³/mol. The van der Waals surface area contributed by atoms with Crippen molar-refractivity contribution < 1.29 is 14.3 Å². The summed E-state index contributed by atoms with van der Waals surface area (Å²) in [5.74, 6) is -0.980. The fourth-order valence-electron chi connectivity index (χ4n) is 2.71. The Balaban J connectivity index is 2.11. The maximum absolute atomic E-state index is 13.3. The molecule has 0 radical (unpaired) electrons. The average Bonchev–Trinajstić information content (AvgIpc) is 2.34. The Morgan fingerprint density at radius 2 is 2.26 bits per heavy atom. The van der Waals surface area contributed by atoms with Gasteiger partial charge in [0.15, 0.2) is 0 Å². The lowest BCUT2D eigenvalue weighted by molar-refractivity contribution is -0.151. The lowest BCUT2D eigenvalue weighted by atomic mass is 9.82. The van der Waals surface area contributed by atoms with Crippen molar-refractivity contribution in [2.45, 2.75) is 33.2 Å². The highest BCUT2D eigenvalue weighted by atomic mass is 19.1. The number of rotatable bonds is 3. The number of likely N-dealkylation sites (tertiary alicyclic amines) is 1. The molecule has 1 N–H and O–H groups in total. The second-order valence-corrected chi connectivity index (χ2v) is 5.75. The number of benzene rings is 1. The molecule has 0 aromatic heterocycles. The van der Waals surface area contributed by atoms with E-state index in [1.165, 1.54) is 6.07 Å². The Hall–Kier alpha value is -1.42. The van der Waals surface area contributed by atoms with Crippen LogP contribution in [0.3, 0.4) is 0 Å². The van der Waals surface area contributed by atoms with Gasteiger partial charge >= 0.3 is 5.97 Å². The topological polar surface area (TPSA) is 40.5 Å². The van der Waals surface area contributed by atoms with E-state index in [0.717, 1.165) is 24.1 Å². The molecular formula is C15H20FNO2. The standard InChI is InChI=1S/C15H20FNO2/c1-11-4-5-13(16)8-12(11)9-17-7-3-6-15(2,10-17)14(18)19/h4-5,8H,3,6-7,9-10H2,1-2H3,(H,18,19). The first kappa shape index (κ1) is 14.0. The predicted octanol–water partition coefficient (Wildman–Crippen LogP) is 2.82. The maximum Gasteiger partial charge on any atom is 0.310 e. The van der Waals surface area contributed by atoms with Crippen molar-refractivity contribution >= 4 is 5.97 Å². The van der Waals surface area contributed by atoms with E-state index >= 15 is 0 Å². The van der Waals surface area contributed by atoms with Crippen LogP contribution in [0.5, 0.6) is 0 Å². The van der Waals surface area contributed by atoms with Gasteiger partial charge in [0.25, 0.3) is 0 Å². The molecule has 1 fully saturated rings. The molecule has 3 nitrogen and oxygen atoms in total. The van der Waals surface area contributed by atoms with Crippen LogP contribution in [0.25, 0.3) is 0 Å². The zero-order chi connectivity index (χ0) is 14.0. The summed E-state index contributed by atoms with van der Waals surface area (Å²) in [5, 5.41) is 9.29. The van der Waals surface area contributed by atoms with Crippen LogP contribution in [0.4, 0.5) is 4.39 Å². The summed E-state index contributed by atoms with van der Waals surface area (Å²) >= 11 is 0. The molecule has 104 valence electrons. The number of hydrogen-bond donors (Lipinski definition) is 1. The zero-order valence-corrected chi connectivity index (χ0v) is 11.4. The van der Waals surface area contributed by atoms with Gasteiger partial charge in [-0.3, -0.25) is 9.69 Å². The van der Waals surface area contributed by atoms with Gasteiger partial charge in [-0.2, -0.15) is 0 Å². The molecule has 1 aromatic rings. The molecule has 1 atom stereocenters. The van der Waals surface area contributed by atoms with E-state index in [-0.39, 0.29) is 5.82 Å². The van der Waals surface area contributed by atoms with E-state index in [0.29, 0.717) is 19.5 Å². The summed E-state index contributed by atoms with van der Waals surface area (Å²) in [7, 11) is 0. The van der Waals surface area contributed by atoms with Crippen LogP contribution in [-0.2, 0) is 11.3 Å². The number of aryl methyl sites for hydroxylation is 1. The lowest BCUT2D eigenvalue weighted by Crippen LogP contribution is -2.45. The Labute approximate surface area is 113 Å². The van der Waals surface area contributed by atoms with Gasteiger partial charge < -0.3 is 5.11 Å². The first-order valence-corrected chi connectivity index (χ1v) is 6.61. The molecule has 0 spiro atoms. The molecule has 2 rings (SSSR count). The molecule has 1 unspecified atom stereocenters. The Bertz CT molecular complexity index is 489. The number of nitrogens with zero attached hydrogens (tertiary/aromatic N) is 1. The number of hydrogen-bond acceptors (Lipinski definition) is 2. The third-order valence-corrected chi connectivity index (χ3v) is 4.00. The minimum absolute atomic E-state index is 0.237. The van der Waals surface area contributed by atoms with Crippen molar-refractivity contribution in [1.82, 2.24) is 4.90 Å². The Morgan fingerprint density at radius 1 is 1.53 bits per heavy atom. The van der Waals surface area contributed by atoms with Crippen LogP contribution >= 0.6 is 0 Å². The van der Waals surface area contributed by atoms with Gasteiger partial charge in [-0.05, 0) is 56.5 Å². The van der Waals surface area contributed by atoms with Crippen molar-refractivity contribution in [2.75, 3.05) is 13.1 Å². The number of halogens is 1. The monoisotopic (exact) mass is 265 g/mol. The number of piperidine rings is 1. The highest BCUT2D eigenvalue weighted by molar-refractivity contribution is 5.74. The van der Waals surface area contributed by atoms with Gasteiger partial charge in [-0.15, -0.1) is 0 Å². The minimum atomic E-state index is -0.742. The fourth-order valence-corrected chi connectivity index (χ4v) is 2.71. The fraction of sp³-hybridized carbons (Fsp3) is 0.533. The highest BCUT2D eigenvalue weighted by Crippen LogP contribution is 2.30. The molecule has 1 aliphatic heterocycles. The van der Waals surface area contributed by atoms with E-state index in [9.17, 15) is 14.3 Å². The molecule has 0 amide bonds. The van der Waals surface area contributed by atoms with E-state index in [1.807, 2.05) is 6.92 Å². The molecule has 4 heteroatoms. The van der Waals surface area contributed by atoms with Crippen molar-refractivity contribution in [3.05, 3.63) is 35.1 Å².